The summed E-state index contributed by atoms with van der Waals surface area (Å²) in [4.78, 5) is 0. The van der Waals surface area contributed by atoms with Gasteiger partial charge in [-0.2, -0.15) is 0 Å². The molecule has 0 spiro atoms. The Balaban J connectivity index is 0.000000741. The second-order valence-corrected chi connectivity index (χ2v) is 12.4. The van der Waals surface area contributed by atoms with Crippen LogP contribution in [0.15, 0.2) is 127 Å². The van der Waals surface area contributed by atoms with Crippen LogP contribution in [0.2, 0.25) is 13.1 Å². The molecule has 1 aliphatic carbocycles. The molecule has 0 saturated carbocycles. The third kappa shape index (κ3) is 6.16. The summed E-state index contributed by atoms with van der Waals surface area (Å²) in [6, 6.07) is 45.2. The number of benzene rings is 6. The fourth-order valence-electron chi connectivity index (χ4n) is 7.11. The number of hydrogen-bond donors (Lipinski definition) is 0. The molecule has 3 radical (unpaired) electrons. The first-order valence-corrected chi connectivity index (χ1v) is 17.1. The van der Waals surface area contributed by atoms with Gasteiger partial charge in [-0.25, -0.2) is 0 Å². The molecule has 8 rings (SSSR count). The number of halogens is 2. The van der Waals surface area contributed by atoms with E-state index in [1.165, 1.54) is 76.5 Å². The van der Waals surface area contributed by atoms with Gasteiger partial charge in [-0.15, -0.1) is 33.7 Å². The Morgan fingerprint density at radius 1 is 0.644 bits per heavy atom. The van der Waals surface area contributed by atoms with Crippen LogP contribution in [0, 0.1) is 0 Å². The molecule has 4 heteroatoms. The van der Waals surface area contributed by atoms with Gasteiger partial charge in [0, 0.05) is 15.4 Å². The molecule has 0 fully saturated rings. The van der Waals surface area contributed by atoms with Crippen molar-refractivity contribution in [1.82, 2.24) is 0 Å². The fourth-order valence-corrected chi connectivity index (χ4v) is 7.11. The third-order valence-corrected chi connectivity index (χ3v) is 8.73. The molecule has 221 valence electrons. The van der Waals surface area contributed by atoms with Gasteiger partial charge in [0.05, 0.1) is 0 Å². The topological polar surface area (TPSA) is 0 Å². The van der Waals surface area contributed by atoms with Crippen LogP contribution < -0.4 is 24.8 Å². The molecular formula is C41H35Cl2SiZr. The number of hydrogen-bond acceptors (Lipinski definition) is 0. The number of rotatable bonds is 4. The molecule has 0 aromatic heterocycles. The van der Waals surface area contributed by atoms with Gasteiger partial charge >= 0.3 is 26.2 Å². The largest absolute Gasteiger partial charge is 3.00 e. The van der Waals surface area contributed by atoms with Crippen molar-refractivity contribution in [2.45, 2.75) is 38.8 Å². The Morgan fingerprint density at radius 3 is 1.87 bits per heavy atom. The first kappa shape index (κ1) is 35.0. The van der Waals surface area contributed by atoms with Crippen LogP contribution >= 0.6 is 0 Å². The van der Waals surface area contributed by atoms with Crippen LogP contribution in [-0.4, -0.2) is 9.52 Å². The van der Waals surface area contributed by atoms with Crippen molar-refractivity contribution in [3.05, 3.63) is 144 Å². The van der Waals surface area contributed by atoms with Crippen molar-refractivity contribution in [2.75, 3.05) is 0 Å². The first-order valence-electron chi connectivity index (χ1n) is 15.1. The third-order valence-electron chi connectivity index (χ3n) is 8.73. The molecule has 0 bridgehead atoms. The standard InChI is InChI=1S/C39H29.C2H6Si.2ClH.Zr/c1-2-11-28-24-37-34(38(28)33-19-9-18-32-29-15-6-3-14-27(29)23-36(32)33)20-10-21-35(37)39-30-16-7-4-12-25(30)22-26-13-5-8-17-31(26)39;1-3-2;;;/h3-10,12-24,38H,2,11H2,1H3;1-2H3;2*1H;/q-1;;;;+3/p-2. The molecule has 0 N–H and O–H groups in total. The Bertz CT molecular complexity index is 2070. The molecule has 7 aromatic carbocycles. The Kier molecular flexibility index (Phi) is 11.8. The molecule has 7 aromatic rings. The van der Waals surface area contributed by atoms with E-state index in [0.717, 1.165) is 22.4 Å². The zero-order valence-electron chi connectivity index (χ0n) is 25.9. The second-order valence-electron chi connectivity index (χ2n) is 11.4. The summed E-state index contributed by atoms with van der Waals surface area (Å²) < 4.78 is 0. The Morgan fingerprint density at radius 2 is 1.20 bits per heavy atom. The van der Waals surface area contributed by atoms with Crippen molar-refractivity contribution in [1.29, 1.82) is 0 Å². The van der Waals surface area contributed by atoms with Crippen LogP contribution in [0.25, 0.3) is 60.3 Å². The molecule has 1 atom stereocenters. The van der Waals surface area contributed by atoms with Crippen LogP contribution in [0.3, 0.4) is 0 Å². The van der Waals surface area contributed by atoms with E-state index >= 15 is 0 Å². The van der Waals surface area contributed by atoms with Crippen molar-refractivity contribution in [2.24, 2.45) is 0 Å². The van der Waals surface area contributed by atoms with E-state index < -0.39 is 0 Å². The molecular weight excluding hydrogens is 683 g/mol. The van der Waals surface area contributed by atoms with Gasteiger partial charge in [-0.05, 0) is 56.3 Å². The maximum atomic E-state index is 2.52. The van der Waals surface area contributed by atoms with E-state index in [2.05, 4.69) is 147 Å². The summed E-state index contributed by atoms with van der Waals surface area (Å²) >= 11 is 0. The van der Waals surface area contributed by atoms with Crippen LogP contribution in [-0.2, 0) is 26.2 Å². The molecule has 45 heavy (non-hydrogen) atoms. The predicted molar refractivity (Wildman–Crippen MR) is 186 cm³/mol. The summed E-state index contributed by atoms with van der Waals surface area (Å²) in [7, 11) is 1.08. The summed E-state index contributed by atoms with van der Waals surface area (Å²) in [6.07, 6.45) is 4.77. The summed E-state index contributed by atoms with van der Waals surface area (Å²) in [6.45, 7) is 6.61. The normalized spacial score (nSPS) is 13.3. The maximum Gasteiger partial charge on any atom is 3.00 e. The molecule has 0 aliphatic heterocycles. The van der Waals surface area contributed by atoms with Crippen LogP contribution in [0.4, 0.5) is 0 Å². The molecule has 1 aliphatic rings. The van der Waals surface area contributed by atoms with Gasteiger partial charge in [0.15, 0.2) is 0 Å². The fraction of sp³-hybridized carbons (Fsp3) is 0.146. The maximum absolute atomic E-state index is 2.52. The summed E-state index contributed by atoms with van der Waals surface area (Å²) in [5.41, 5.74) is 8.48. The van der Waals surface area contributed by atoms with Gasteiger partial charge in [-0.3, -0.25) is 0 Å². The quantitative estimate of drug-likeness (QED) is 0.123. The van der Waals surface area contributed by atoms with E-state index in [1.807, 2.05) is 0 Å². The molecule has 0 amide bonds. The number of allylic oxidation sites excluding steroid dienone is 1. The van der Waals surface area contributed by atoms with E-state index in [1.54, 1.807) is 0 Å². The smallest absolute Gasteiger partial charge is 1.00 e. The zero-order valence-corrected chi connectivity index (χ0v) is 30.8. The van der Waals surface area contributed by atoms with E-state index in [4.69, 9.17) is 0 Å². The molecule has 0 saturated heterocycles. The van der Waals surface area contributed by atoms with E-state index in [0.29, 0.717) is 0 Å². The second kappa shape index (κ2) is 15.1. The van der Waals surface area contributed by atoms with Crippen LogP contribution in [0.5, 0.6) is 0 Å². The molecule has 1 unspecified atom stereocenters. The van der Waals surface area contributed by atoms with Crippen molar-refractivity contribution < 1.29 is 51.0 Å². The van der Waals surface area contributed by atoms with E-state index in [-0.39, 0.29) is 56.9 Å². The van der Waals surface area contributed by atoms with Gasteiger partial charge < -0.3 is 24.8 Å². The van der Waals surface area contributed by atoms with Crippen molar-refractivity contribution >= 4 is 58.7 Å². The Labute approximate surface area is 301 Å². The molecule has 0 heterocycles. The van der Waals surface area contributed by atoms with Crippen molar-refractivity contribution in [3.63, 3.8) is 0 Å². The average molecular weight is 718 g/mol. The van der Waals surface area contributed by atoms with Gasteiger partial charge in [0.2, 0.25) is 0 Å². The SMILES string of the molecule is CCCC1=Cc2c(-c3c4ccccc4cc4ccccc34)cccc2C1c1cccc2c1[cH-]c1ccccc12.C[Si]C.[Cl-].[Cl-].[Zr+3]. The zero-order chi connectivity index (χ0) is 28.6. The summed E-state index contributed by atoms with van der Waals surface area (Å²) in [5, 5.41) is 10.7. The predicted octanol–water partition coefficient (Wildman–Crippen LogP) is 5.81. The minimum absolute atomic E-state index is 0. The minimum atomic E-state index is 0. The number of fused-ring (bicyclic) bond motifs is 6. The van der Waals surface area contributed by atoms with Crippen molar-refractivity contribution in [3.8, 4) is 11.1 Å². The average Bonchev–Trinajstić information content (AvgIpc) is 3.59. The summed E-state index contributed by atoms with van der Waals surface area (Å²) in [5.74, 6) is 0.279. The van der Waals surface area contributed by atoms with E-state index in [9.17, 15) is 0 Å². The van der Waals surface area contributed by atoms with Gasteiger partial charge in [0.25, 0.3) is 0 Å². The minimum Gasteiger partial charge on any atom is -1.00 e. The van der Waals surface area contributed by atoms with Gasteiger partial charge in [0.1, 0.15) is 0 Å². The molecule has 0 nitrogen and oxygen atoms in total. The van der Waals surface area contributed by atoms with Crippen LogP contribution in [0.1, 0.15) is 42.4 Å². The Hall–Kier alpha value is -2.87. The first-order chi connectivity index (χ1) is 20.7. The monoisotopic (exact) mass is 715 g/mol. The van der Waals surface area contributed by atoms with Gasteiger partial charge in [-0.1, -0.05) is 147 Å².